The summed E-state index contributed by atoms with van der Waals surface area (Å²) in [5.41, 5.74) is 0.425. The maximum Gasteiger partial charge on any atom is 0.251 e. The zero-order chi connectivity index (χ0) is 21.5. The van der Waals surface area contributed by atoms with E-state index in [1.165, 1.54) is 24.3 Å². The van der Waals surface area contributed by atoms with Gasteiger partial charge in [0.05, 0.1) is 12.2 Å². The number of carbonyl (C=O) groups is 2. The van der Waals surface area contributed by atoms with Crippen molar-refractivity contribution in [1.29, 1.82) is 0 Å². The summed E-state index contributed by atoms with van der Waals surface area (Å²) in [6, 6.07) is 5.45. The van der Waals surface area contributed by atoms with Crippen molar-refractivity contribution in [1.82, 2.24) is 15.1 Å². The van der Waals surface area contributed by atoms with Crippen LogP contribution in [0.1, 0.15) is 49.9 Å². The molecule has 6 nitrogen and oxygen atoms in total. The Morgan fingerprint density at radius 3 is 2.37 bits per heavy atom. The van der Waals surface area contributed by atoms with Crippen LogP contribution in [0.4, 0.5) is 4.39 Å². The van der Waals surface area contributed by atoms with Gasteiger partial charge in [0.2, 0.25) is 5.91 Å². The van der Waals surface area contributed by atoms with E-state index in [0.717, 1.165) is 45.6 Å². The van der Waals surface area contributed by atoms with Gasteiger partial charge in [-0.15, -0.1) is 0 Å². The Kier molecular flexibility index (Phi) is 8.22. The average molecular weight is 420 g/mol. The minimum Gasteiger partial charge on any atom is -0.373 e. The van der Waals surface area contributed by atoms with E-state index in [1.807, 2.05) is 4.90 Å². The van der Waals surface area contributed by atoms with Gasteiger partial charge in [-0.25, -0.2) is 4.39 Å². The monoisotopic (exact) mass is 419 g/mol. The first-order chi connectivity index (χ1) is 14.4. The Labute approximate surface area is 178 Å². The van der Waals surface area contributed by atoms with Crippen LogP contribution in [0.3, 0.4) is 0 Å². The Morgan fingerprint density at radius 2 is 1.73 bits per heavy atom. The lowest BCUT2D eigenvalue weighted by atomic mass is 9.95. The quantitative estimate of drug-likeness (QED) is 0.691. The third-order valence-electron chi connectivity index (χ3n) is 5.94. The predicted octanol–water partition coefficient (Wildman–Crippen LogP) is 2.68. The molecule has 2 unspecified atom stereocenters. The van der Waals surface area contributed by atoms with Gasteiger partial charge in [-0.05, 0) is 63.3 Å². The van der Waals surface area contributed by atoms with Gasteiger partial charge in [0.15, 0.2) is 0 Å². The van der Waals surface area contributed by atoms with Gasteiger partial charge < -0.3 is 15.0 Å². The molecule has 2 aliphatic heterocycles. The van der Waals surface area contributed by atoms with Crippen molar-refractivity contribution in [2.24, 2.45) is 5.92 Å². The predicted molar refractivity (Wildman–Crippen MR) is 114 cm³/mol. The molecule has 0 saturated carbocycles. The van der Waals surface area contributed by atoms with Crippen LogP contribution in [-0.2, 0) is 9.53 Å². The van der Waals surface area contributed by atoms with Crippen molar-refractivity contribution in [3.05, 3.63) is 35.6 Å². The minimum absolute atomic E-state index is 0.165. The third kappa shape index (κ3) is 6.77. The molecule has 2 atom stereocenters. The molecule has 1 aromatic rings. The summed E-state index contributed by atoms with van der Waals surface area (Å²) in [6.07, 6.45) is 3.72. The number of rotatable bonds is 7. The Balaban J connectivity index is 1.30. The summed E-state index contributed by atoms with van der Waals surface area (Å²) in [5, 5.41) is 2.79. The number of ether oxygens (including phenoxy) is 1. The number of nitrogens with one attached hydrogen (secondary N) is 1. The number of hydrogen-bond donors (Lipinski definition) is 1. The van der Waals surface area contributed by atoms with E-state index < -0.39 is 0 Å². The molecule has 0 aromatic heterocycles. The second-order valence-electron chi connectivity index (χ2n) is 8.67. The highest BCUT2D eigenvalue weighted by Gasteiger charge is 2.27. The van der Waals surface area contributed by atoms with Crippen LogP contribution in [0.5, 0.6) is 0 Å². The maximum atomic E-state index is 12.9. The van der Waals surface area contributed by atoms with Crippen LogP contribution in [0.2, 0.25) is 0 Å². The summed E-state index contributed by atoms with van der Waals surface area (Å²) >= 11 is 0. The zero-order valence-electron chi connectivity index (χ0n) is 18.1. The number of benzene rings is 1. The molecule has 1 aromatic carbocycles. The highest BCUT2D eigenvalue weighted by molar-refractivity contribution is 5.94. The highest BCUT2D eigenvalue weighted by Crippen LogP contribution is 2.21. The Bertz CT molecular complexity index is 694. The van der Waals surface area contributed by atoms with E-state index >= 15 is 0 Å². The van der Waals surface area contributed by atoms with E-state index in [9.17, 15) is 14.0 Å². The van der Waals surface area contributed by atoms with Gasteiger partial charge >= 0.3 is 0 Å². The second-order valence-corrected chi connectivity index (χ2v) is 8.67. The lowest BCUT2D eigenvalue weighted by molar-refractivity contribution is -0.132. The summed E-state index contributed by atoms with van der Waals surface area (Å²) in [6.45, 7) is 9.42. The molecule has 0 spiro atoms. The molecule has 0 radical (unpaired) electrons. The molecule has 0 aliphatic carbocycles. The highest BCUT2D eigenvalue weighted by atomic mass is 19.1. The smallest absolute Gasteiger partial charge is 0.251 e. The molecule has 3 rings (SSSR count). The molecular formula is C23H34FN3O3. The lowest BCUT2D eigenvalue weighted by Gasteiger charge is -2.39. The summed E-state index contributed by atoms with van der Waals surface area (Å²) in [5.74, 6) is 0.199. The first-order valence-electron chi connectivity index (χ1n) is 11.1. The van der Waals surface area contributed by atoms with E-state index in [-0.39, 0.29) is 17.6 Å². The molecule has 2 amide bonds. The van der Waals surface area contributed by atoms with Crippen LogP contribution >= 0.6 is 0 Å². The fourth-order valence-corrected chi connectivity index (χ4v) is 4.47. The van der Waals surface area contributed by atoms with E-state index in [4.69, 9.17) is 4.74 Å². The van der Waals surface area contributed by atoms with Gasteiger partial charge in [-0.3, -0.25) is 14.5 Å². The Morgan fingerprint density at radius 1 is 1.10 bits per heavy atom. The van der Waals surface area contributed by atoms with Crippen molar-refractivity contribution in [3.63, 3.8) is 0 Å². The number of hydrogen-bond acceptors (Lipinski definition) is 4. The number of morpholine rings is 1. The fraction of sp³-hybridized carbons (Fsp3) is 0.652. The normalized spacial score (nSPS) is 23.4. The third-order valence-corrected chi connectivity index (χ3v) is 5.94. The molecule has 2 aliphatic rings. The number of carbonyl (C=O) groups excluding carboxylic acids is 2. The van der Waals surface area contributed by atoms with E-state index in [2.05, 4.69) is 24.1 Å². The van der Waals surface area contributed by atoms with Crippen LogP contribution < -0.4 is 5.32 Å². The molecule has 166 valence electrons. The van der Waals surface area contributed by atoms with Gasteiger partial charge in [-0.2, -0.15) is 0 Å². The zero-order valence-corrected chi connectivity index (χ0v) is 18.1. The van der Waals surface area contributed by atoms with Crippen LogP contribution in [0.25, 0.3) is 0 Å². The van der Waals surface area contributed by atoms with E-state index in [1.54, 1.807) is 0 Å². The molecule has 2 saturated heterocycles. The summed E-state index contributed by atoms with van der Waals surface area (Å²) in [4.78, 5) is 28.9. The van der Waals surface area contributed by atoms with Crippen molar-refractivity contribution in [3.8, 4) is 0 Å². The number of halogens is 1. The average Bonchev–Trinajstić information content (AvgIpc) is 2.71. The van der Waals surface area contributed by atoms with Gasteiger partial charge in [-0.1, -0.05) is 0 Å². The summed E-state index contributed by atoms with van der Waals surface area (Å²) < 4.78 is 18.7. The lowest BCUT2D eigenvalue weighted by Crippen LogP contribution is -2.48. The standard InChI is InChI=1S/C23H34FN3O3/c1-17-14-26(15-18(2)30-17)16-19-9-12-27(13-10-19)22(28)4-3-11-25-23(29)20-5-7-21(24)8-6-20/h5-8,17-19H,3-4,9-16H2,1-2H3,(H,25,29). The molecule has 30 heavy (non-hydrogen) atoms. The van der Waals surface area contributed by atoms with Crippen LogP contribution in [-0.4, -0.2) is 73.1 Å². The van der Waals surface area contributed by atoms with E-state index in [0.29, 0.717) is 43.1 Å². The molecular weight excluding hydrogens is 385 g/mol. The topological polar surface area (TPSA) is 61.9 Å². The molecule has 0 bridgehead atoms. The molecule has 2 heterocycles. The fourth-order valence-electron chi connectivity index (χ4n) is 4.47. The largest absolute Gasteiger partial charge is 0.373 e. The van der Waals surface area contributed by atoms with Gasteiger partial charge in [0.25, 0.3) is 5.91 Å². The maximum absolute atomic E-state index is 12.9. The molecule has 2 fully saturated rings. The SMILES string of the molecule is CC1CN(CC2CCN(C(=O)CCCNC(=O)c3ccc(F)cc3)CC2)CC(C)O1. The molecule has 7 heteroatoms. The van der Waals surface area contributed by atoms with Crippen molar-refractivity contribution in [2.75, 3.05) is 39.3 Å². The van der Waals surface area contributed by atoms with Gasteiger partial charge in [0.1, 0.15) is 5.82 Å². The number of nitrogens with zero attached hydrogens (tertiary/aromatic N) is 2. The van der Waals surface area contributed by atoms with Crippen molar-refractivity contribution in [2.45, 2.75) is 51.7 Å². The van der Waals surface area contributed by atoms with Gasteiger partial charge in [0, 0.05) is 51.3 Å². The summed E-state index contributed by atoms with van der Waals surface area (Å²) in [7, 11) is 0. The van der Waals surface area contributed by atoms with Crippen LogP contribution in [0.15, 0.2) is 24.3 Å². The first-order valence-corrected chi connectivity index (χ1v) is 11.1. The Hall–Kier alpha value is -1.99. The minimum atomic E-state index is -0.366. The molecule has 1 N–H and O–H groups in total. The number of piperidine rings is 1. The second kappa shape index (κ2) is 10.9. The van der Waals surface area contributed by atoms with Crippen LogP contribution in [0, 0.1) is 11.7 Å². The van der Waals surface area contributed by atoms with Crippen molar-refractivity contribution < 1.29 is 18.7 Å². The number of amides is 2. The number of likely N-dealkylation sites (tertiary alicyclic amines) is 1. The first kappa shape index (κ1) is 22.7. The van der Waals surface area contributed by atoms with Crippen molar-refractivity contribution >= 4 is 11.8 Å².